The second kappa shape index (κ2) is 20.9. The van der Waals surface area contributed by atoms with Crippen molar-refractivity contribution in [3.8, 4) is 23.0 Å². The summed E-state index contributed by atoms with van der Waals surface area (Å²) in [5.74, 6) is -0.634. The highest BCUT2D eigenvalue weighted by Crippen LogP contribution is 2.26. The van der Waals surface area contributed by atoms with Gasteiger partial charge in [-0.25, -0.2) is 9.68 Å². The first-order valence-corrected chi connectivity index (χ1v) is 19.5. The zero-order valence-corrected chi connectivity index (χ0v) is 33.2. The van der Waals surface area contributed by atoms with Crippen LogP contribution in [0.25, 0.3) is 0 Å². The standard InChI is InChI=1S/C43H38N2O12S2/c1-28-3-16-36(17-4-28)53-57-58-54-38-21-22-40(41(25-38)43(47)48)42(46)44-34-12-7-30(8-13-34)23-31-9-14-35(15-10-31)45-51-26-32-11-20-39(24-33(32)27-52-49)56-59(50)55-37-18-5-29(2)6-19-37/h3-22,24-25,45,49H,23,26-27H2,1-2H3,(H,44,46)(H,47,48). The number of benzene rings is 6. The molecule has 0 fully saturated rings. The Morgan fingerprint density at radius 2 is 1.24 bits per heavy atom. The Balaban J connectivity index is 0.955. The van der Waals surface area contributed by atoms with E-state index in [9.17, 15) is 18.9 Å². The van der Waals surface area contributed by atoms with Crippen molar-refractivity contribution in [2.24, 2.45) is 0 Å². The molecule has 0 aliphatic heterocycles. The molecule has 4 N–H and O–H groups in total. The normalized spacial score (nSPS) is 11.3. The fourth-order valence-corrected chi connectivity index (χ4v) is 6.32. The average Bonchev–Trinajstić information content (AvgIpc) is 3.23. The van der Waals surface area contributed by atoms with Crippen molar-refractivity contribution in [1.82, 2.24) is 0 Å². The maximum absolute atomic E-state index is 13.1. The topological polar surface area (TPSA) is 180 Å². The molecule has 1 atom stereocenters. The molecule has 0 saturated carbocycles. The number of aryl methyl sites for hydroxylation is 2. The van der Waals surface area contributed by atoms with E-state index in [4.69, 9.17) is 31.9 Å². The lowest BCUT2D eigenvalue weighted by Crippen LogP contribution is -2.16. The Labute approximate surface area is 346 Å². The van der Waals surface area contributed by atoms with Crippen LogP contribution >= 0.6 is 12.3 Å². The molecule has 6 aromatic rings. The van der Waals surface area contributed by atoms with Crippen molar-refractivity contribution in [3.05, 3.63) is 178 Å². The van der Waals surface area contributed by atoms with Gasteiger partial charge < -0.3 is 27.9 Å². The molecule has 0 aromatic heterocycles. The summed E-state index contributed by atoms with van der Waals surface area (Å²) in [5, 5.41) is 21.7. The van der Waals surface area contributed by atoms with E-state index in [1.807, 2.05) is 74.5 Å². The zero-order chi connectivity index (χ0) is 41.6. The molecule has 1 unspecified atom stereocenters. The number of anilines is 2. The van der Waals surface area contributed by atoms with Gasteiger partial charge in [-0.15, -0.1) is 0 Å². The number of amides is 1. The summed E-state index contributed by atoms with van der Waals surface area (Å²) in [6.45, 7) is 3.84. The van der Waals surface area contributed by atoms with Gasteiger partial charge in [-0.3, -0.25) is 20.4 Å². The van der Waals surface area contributed by atoms with Crippen molar-refractivity contribution < 1.29 is 55.7 Å². The van der Waals surface area contributed by atoms with Gasteiger partial charge in [-0.1, -0.05) is 70.1 Å². The number of carboxylic acid groups (broad SMARTS) is 1. The van der Waals surface area contributed by atoms with Gasteiger partial charge in [0, 0.05) is 5.69 Å². The minimum Gasteiger partial charge on any atom is -0.478 e. The van der Waals surface area contributed by atoms with E-state index in [-0.39, 0.29) is 35.8 Å². The lowest BCUT2D eigenvalue weighted by molar-refractivity contribution is -0.253. The van der Waals surface area contributed by atoms with E-state index in [1.54, 1.807) is 54.6 Å². The smallest absolute Gasteiger partial charge is 0.417 e. The molecule has 0 heterocycles. The quantitative estimate of drug-likeness (QED) is 0.0247. The fraction of sp³-hybridized carbons (Fsp3) is 0.116. The zero-order valence-electron chi connectivity index (χ0n) is 31.6. The Morgan fingerprint density at radius 3 is 1.88 bits per heavy atom. The summed E-state index contributed by atoms with van der Waals surface area (Å²) in [5.41, 5.74) is 9.14. The van der Waals surface area contributed by atoms with Crippen molar-refractivity contribution in [3.63, 3.8) is 0 Å². The molecule has 0 radical (unpaired) electrons. The molecule has 0 bridgehead atoms. The van der Waals surface area contributed by atoms with Crippen molar-refractivity contribution in [2.45, 2.75) is 33.5 Å². The third kappa shape index (κ3) is 12.8. The summed E-state index contributed by atoms with van der Waals surface area (Å²) in [6, 6.07) is 38.0. The first-order valence-electron chi connectivity index (χ1n) is 17.8. The van der Waals surface area contributed by atoms with Gasteiger partial charge >= 0.3 is 17.3 Å². The maximum atomic E-state index is 13.1. The highest BCUT2D eigenvalue weighted by atomic mass is 32.2. The van der Waals surface area contributed by atoms with Gasteiger partial charge in [0.25, 0.3) is 18.2 Å². The van der Waals surface area contributed by atoms with Crippen molar-refractivity contribution in [1.29, 1.82) is 0 Å². The van der Waals surface area contributed by atoms with Gasteiger partial charge in [0.05, 0.1) is 23.4 Å². The minimum absolute atomic E-state index is 0.0462. The number of aromatic carboxylic acids is 1. The molecule has 14 nitrogen and oxygen atoms in total. The fourth-order valence-electron chi connectivity index (χ4n) is 5.44. The predicted octanol–water partition coefficient (Wildman–Crippen LogP) is 9.37. The lowest BCUT2D eigenvalue weighted by Gasteiger charge is -2.13. The number of carbonyl (C=O) groups excluding carboxylic acids is 1. The van der Waals surface area contributed by atoms with E-state index in [0.29, 0.717) is 52.7 Å². The molecule has 0 aliphatic rings. The van der Waals surface area contributed by atoms with Gasteiger partial charge in [0.15, 0.2) is 5.75 Å². The van der Waals surface area contributed by atoms with E-state index < -0.39 is 23.2 Å². The van der Waals surface area contributed by atoms with E-state index >= 15 is 0 Å². The summed E-state index contributed by atoms with van der Waals surface area (Å²) >= 11 is -1.60. The Bertz CT molecular complexity index is 2360. The third-order valence-corrected chi connectivity index (χ3v) is 9.56. The van der Waals surface area contributed by atoms with Crippen LogP contribution in [0, 0.1) is 13.8 Å². The molecular weight excluding hydrogens is 801 g/mol. The van der Waals surface area contributed by atoms with Crippen LogP contribution in [-0.2, 0) is 45.1 Å². The maximum Gasteiger partial charge on any atom is 0.417 e. The molecular formula is C43H38N2O12S2. The monoisotopic (exact) mass is 838 g/mol. The summed E-state index contributed by atoms with van der Waals surface area (Å²) in [7, 11) is 0. The van der Waals surface area contributed by atoms with Gasteiger partial charge in [-0.2, -0.15) is 4.21 Å². The van der Waals surface area contributed by atoms with Crippen LogP contribution in [0.2, 0.25) is 0 Å². The van der Waals surface area contributed by atoms with E-state index in [0.717, 1.165) is 22.3 Å². The Morgan fingerprint density at radius 1 is 0.644 bits per heavy atom. The molecule has 6 aromatic carbocycles. The molecule has 1 amide bonds. The van der Waals surface area contributed by atoms with Crippen LogP contribution < -0.4 is 28.2 Å². The van der Waals surface area contributed by atoms with Crippen molar-refractivity contribution >= 4 is 46.9 Å². The molecule has 0 saturated heterocycles. The lowest BCUT2D eigenvalue weighted by atomic mass is 10.0. The summed E-state index contributed by atoms with van der Waals surface area (Å²) < 4.78 is 33.4. The van der Waals surface area contributed by atoms with E-state index in [2.05, 4.69) is 15.7 Å². The predicted molar refractivity (Wildman–Crippen MR) is 221 cm³/mol. The first kappa shape index (κ1) is 42.2. The van der Waals surface area contributed by atoms with Gasteiger partial charge in [-0.05, 0) is 121 Å². The van der Waals surface area contributed by atoms with Crippen molar-refractivity contribution in [2.75, 3.05) is 10.8 Å². The van der Waals surface area contributed by atoms with Crippen LogP contribution in [0.4, 0.5) is 11.4 Å². The number of carbonyl (C=O) groups is 2. The van der Waals surface area contributed by atoms with Crippen LogP contribution in [0.3, 0.4) is 0 Å². The highest BCUT2D eigenvalue weighted by molar-refractivity contribution is 7.90. The van der Waals surface area contributed by atoms with E-state index in [1.165, 1.54) is 18.2 Å². The van der Waals surface area contributed by atoms with Crippen LogP contribution in [0.1, 0.15) is 54.1 Å². The van der Waals surface area contributed by atoms with Crippen LogP contribution in [-0.4, -0.2) is 26.4 Å². The molecule has 0 aliphatic carbocycles. The molecule has 16 heteroatoms. The third-order valence-electron chi connectivity index (χ3n) is 8.51. The van der Waals surface area contributed by atoms with Crippen LogP contribution in [0.5, 0.6) is 23.0 Å². The Kier molecular flexibility index (Phi) is 14.9. The minimum atomic E-state index is -2.10. The highest BCUT2D eigenvalue weighted by Gasteiger charge is 2.19. The number of hydrogen-bond acceptors (Lipinski definition) is 13. The largest absolute Gasteiger partial charge is 0.478 e. The number of carboxylic acids is 1. The summed E-state index contributed by atoms with van der Waals surface area (Å²) in [4.78, 5) is 40.3. The second-order valence-electron chi connectivity index (χ2n) is 12.9. The molecule has 0 spiro atoms. The molecule has 6 rings (SSSR count). The molecule has 59 heavy (non-hydrogen) atoms. The number of hydrogen-bond donors (Lipinski definition) is 4. The van der Waals surface area contributed by atoms with Gasteiger partial charge in [0.1, 0.15) is 23.9 Å². The molecule has 304 valence electrons. The SMILES string of the molecule is Cc1ccc(OOSOc2ccc(C(=O)Nc3ccc(Cc4ccc(NOCc5ccc(OS(=O)Oc6ccc(C)cc6)cc5COO)cc4)cc3)c(C(=O)O)c2)cc1. The number of rotatable bonds is 20. The Hall–Kier alpha value is -6.40. The number of nitrogens with one attached hydrogen (secondary N) is 2. The van der Waals surface area contributed by atoms with Crippen LogP contribution in [0.15, 0.2) is 133 Å². The second-order valence-corrected chi connectivity index (χ2v) is 14.1. The average molecular weight is 839 g/mol. The van der Waals surface area contributed by atoms with Gasteiger partial charge in [0.2, 0.25) is 0 Å². The first-order chi connectivity index (χ1) is 28.6. The summed E-state index contributed by atoms with van der Waals surface area (Å²) in [6.07, 6.45) is 0.609.